The molecule has 0 aliphatic heterocycles. The second-order valence-electron chi connectivity index (χ2n) is 8.91. The molecule has 0 saturated carbocycles. The minimum absolute atomic E-state index is 0.340. The lowest BCUT2D eigenvalue weighted by Gasteiger charge is -2.07. The number of thioether (sulfide) groups is 1. The average Bonchev–Trinajstić information content (AvgIpc) is 2.89. The maximum atomic E-state index is 12.5. The Hall–Kier alpha value is -2.66. The summed E-state index contributed by atoms with van der Waals surface area (Å²) >= 11 is 1.72. The predicted molar refractivity (Wildman–Crippen MR) is 146 cm³/mol. The molecule has 186 valence electrons. The normalized spacial score (nSPS) is 10.9. The number of aryl methyl sites for hydroxylation is 1. The van der Waals surface area contributed by atoms with Gasteiger partial charge in [-0.05, 0) is 67.3 Å². The third-order valence-electron chi connectivity index (χ3n) is 5.98. The van der Waals surface area contributed by atoms with Crippen LogP contribution in [0.1, 0.15) is 87.6 Å². The Bertz CT molecular complexity index is 1020. The molecule has 0 fully saturated rings. The van der Waals surface area contributed by atoms with E-state index >= 15 is 0 Å². The molecule has 1 heterocycles. The number of benzene rings is 2. The van der Waals surface area contributed by atoms with E-state index in [0.29, 0.717) is 11.3 Å². The predicted octanol–water partition coefficient (Wildman–Crippen LogP) is 8.55. The molecule has 35 heavy (non-hydrogen) atoms. The second-order valence-corrected chi connectivity index (χ2v) is 9.97. The van der Waals surface area contributed by atoms with Gasteiger partial charge in [-0.1, -0.05) is 82.7 Å². The number of hydrogen-bond acceptors (Lipinski definition) is 5. The Labute approximate surface area is 214 Å². The van der Waals surface area contributed by atoms with Gasteiger partial charge in [0, 0.05) is 17.5 Å². The van der Waals surface area contributed by atoms with Gasteiger partial charge in [0.1, 0.15) is 5.75 Å². The van der Waals surface area contributed by atoms with Crippen LogP contribution >= 0.6 is 11.8 Å². The molecule has 0 spiro atoms. The van der Waals surface area contributed by atoms with Crippen molar-refractivity contribution in [3.05, 3.63) is 71.9 Å². The molecule has 0 atom stereocenters. The van der Waals surface area contributed by atoms with Crippen molar-refractivity contribution in [3.8, 4) is 17.0 Å². The Balaban J connectivity index is 1.49. The van der Waals surface area contributed by atoms with Crippen molar-refractivity contribution in [1.82, 2.24) is 9.97 Å². The molecule has 0 amide bonds. The zero-order chi connectivity index (χ0) is 24.7. The molecule has 3 rings (SSSR count). The van der Waals surface area contributed by atoms with Crippen molar-refractivity contribution in [2.45, 2.75) is 83.2 Å². The summed E-state index contributed by atoms with van der Waals surface area (Å²) in [5, 5.41) is 0.810. The number of rotatable bonds is 15. The van der Waals surface area contributed by atoms with E-state index in [1.54, 1.807) is 11.8 Å². The highest BCUT2D eigenvalue weighted by Gasteiger charge is 2.10. The summed E-state index contributed by atoms with van der Waals surface area (Å²) in [4.78, 5) is 21.7. The molecule has 0 radical (unpaired) electrons. The standard InChI is InChI=1S/C30H38N2O2S/c1-3-5-7-8-9-11-23-35-30-31-22-21-28(32-30)25-17-19-27(20-18-25)34-29(33)26-15-13-24(14-16-26)12-10-6-4-2/h13-22H,3-12,23H2,1-2H3. The Morgan fingerprint density at radius 2 is 1.49 bits per heavy atom. The number of hydrogen-bond donors (Lipinski definition) is 0. The van der Waals surface area contributed by atoms with Crippen LogP contribution in [0.25, 0.3) is 11.3 Å². The topological polar surface area (TPSA) is 52.1 Å². The first-order valence-electron chi connectivity index (χ1n) is 13.1. The number of unbranched alkanes of at least 4 members (excludes halogenated alkanes) is 7. The third-order valence-corrected chi connectivity index (χ3v) is 6.93. The summed E-state index contributed by atoms with van der Waals surface area (Å²) in [7, 11) is 0. The Morgan fingerprint density at radius 3 is 2.23 bits per heavy atom. The molecule has 0 bridgehead atoms. The molecule has 0 aliphatic carbocycles. The highest BCUT2D eigenvalue weighted by Crippen LogP contribution is 2.24. The molecular weight excluding hydrogens is 452 g/mol. The second kappa shape index (κ2) is 15.4. The van der Waals surface area contributed by atoms with Gasteiger partial charge in [-0.2, -0.15) is 0 Å². The van der Waals surface area contributed by atoms with E-state index in [-0.39, 0.29) is 5.97 Å². The van der Waals surface area contributed by atoms with Crippen molar-refractivity contribution in [3.63, 3.8) is 0 Å². The quantitative estimate of drug-likeness (QED) is 0.0702. The van der Waals surface area contributed by atoms with Crippen molar-refractivity contribution in [1.29, 1.82) is 0 Å². The van der Waals surface area contributed by atoms with E-state index < -0.39 is 0 Å². The molecule has 0 unspecified atom stereocenters. The first-order valence-corrected chi connectivity index (χ1v) is 14.1. The maximum absolute atomic E-state index is 12.5. The molecule has 3 aromatic rings. The van der Waals surface area contributed by atoms with Gasteiger partial charge in [0.2, 0.25) is 0 Å². The van der Waals surface area contributed by atoms with Crippen LogP contribution in [0.5, 0.6) is 5.75 Å². The number of nitrogens with zero attached hydrogens (tertiary/aromatic N) is 2. The summed E-state index contributed by atoms with van der Waals surface area (Å²) in [5.41, 5.74) is 3.68. The minimum Gasteiger partial charge on any atom is -0.423 e. The number of ether oxygens (including phenoxy) is 1. The average molecular weight is 491 g/mol. The number of aromatic nitrogens is 2. The fourth-order valence-corrected chi connectivity index (χ4v) is 4.69. The van der Waals surface area contributed by atoms with Crippen molar-refractivity contribution >= 4 is 17.7 Å². The Morgan fingerprint density at radius 1 is 0.800 bits per heavy atom. The van der Waals surface area contributed by atoms with Crippen LogP contribution in [-0.4, -0.2) is 21.7 Å². The van der Waals surface area contributed by atoms with Crippen LogP contribution in [0, 0.1) is 0 Å². The van der Waals surface area contributed by atoms with Gasteiger partial charge in [0.25, 0.3) is 0 Å². The van der Waals surface area contributed by atoms with Gasteiger partial charge in [-0.25, -0.2) is 14.8 Å². The first kappa shape index (κ1) is 26.9. The van der Waals surface area contributed by atoms with Crippen LogP contribution in [-0.2, 0) is 6.42 Å². The highest BCUT2D eigenvalue weighted by molar-refractivity contribution is 7.99. The lowest BCUT2D eigenvalue weighted by atomic mass is 10.1. The monoisotopic (exact) mass is 490 g/mol. The summed E-state index contributed by atoms with van der Waals surface area (Å²) in [6, 6.07) is 17.2. The molecular formula is C30H38N2O2S. The van der Waals surface area contributed by atoms with Crippen molar-refractivity contribution < 1.29 is 9.53 Å². The number of esters is 1. The Kier molecular flexibility index (Phi) is 11.8. The summed E-state index contributed by atoms with van der Waals surface area (Å²) in [6.07, 6.45) is 14.2. The van der Waals surface area contributed by atoms with Crippen molar-refractivity contribution in [2.24, 2.45) is 0 Å². The van der Waals surface area contributed by atoms with E-state index in [2.05, 4.69) is 18.8 Å². The SMILES string of the molecule is CCCCCCCCSc1nccc(-c2ccc(OC(=O)c3ccc(CCCCC)cc3)cc2)n1. The summed E-state index contributed by atoms with van der Waals surface area (Å²) in [5.74, 6) is 1.23. The fraction of sp³-hybridized carbons (Fsp3) is 0.433. The van der Waals surface area contributed by atoms with Crippen LogP contribution in [0.3, 0.4) is 0 Å². The zero-order valence-electron chi connectivity index (χ0n) is 21.2. The van der Waals surface area contributed by atoms with Crippen molar-refractivity contribution in [2.75, 3.05) is 5.75 Å². The van der Waals surface area contributed by atoms with Crippen LogP contribution in [0.15, 0.2) is 66.0 Å². The van der Waals surface area contributed by atoms with Crippen LogP contribution in [0.2, 0.25) is 0 Å². The minimum atomic E-state index is -0.340. The maximum Gasteiger partial charge on any atom is 0.343 e. The molecule has 4 nitrogen and oxygen atoms in total. The largest absolute Gasteiger partial charge is 0.423 e. The van der Waals surface area contributed by atoms with Gasteiger partial charge in [0.15, 0.2) is 5.16 Å². The van der Waals surface area contributed by atoms with Gasteiger partial charge in [-0.15, -0.1) is 0 Å². The van der Waals surface area contributed by atoms with Gasteiger partial charge >= 0.3 is 5.97 Å². The molecule has 0 aliphatic rings. The van der Waals surface area contributed by atoms with Gasteiger partial charge < -0.3 is 4.74 Å². The van der Waals surface area contributed by atoms with Crippen LogP contribution in [0.4, 0.5) is 0 Å². The number of carbonyl (C=O) groups excluding carboxylic acids is 1. The highest BCUT2D eigenvalue weighted by atomic mass is 32.2. The van der Waals surface area contributed by atoms with E-state index in [1.165, 1.54) is 63.4 Å². The van der Waals surface area contributed by atoms with E-state index in [9.17, 15) is 4.79 Å². The van der Waals surface area contributed by atoms with E-state index in [1.807, 2.05) is 60.8 Å². The molecule has 5 heteroatoms. The molecule has 0 saturated heterocycles. The lowest BCUT2D eigenvalue weighted by molar-refractivity contribution is 0.0735. The third kappa shape index (κ3) is 9.48. The lowest BCUT2D eigenvalue weighted by Crippen LogP contribution is -2.08. The molecule has 0 N–H and O–H groups in total. The summed E-state index contributed by atoms with van der Waals surface area (Å²) < 4.78 is 5.58. The smallest absolute Gasteiger partial charge is 0.343 e. The fourth-order valence-electron chi connectivity index (χ4n) is 3.86. The van der Waals surface area contributed by atoms with Gasteiger partial charge in [0.05, 0.1) is 11.3 Å². The van der Waals surface area contributed by atoms with Gasteiger partial charge in [-0.3, -0.25) is 0 Å². The molecule has 2 aromatic carbocycles. The van der Waals surface area contributed by atoms with E-state index in [0.717, 1.165) is 28.6 Å². The zero-order valence-corrected chi connectivity index (χ0v) is 22.0. The van der Waals surface area contributed by atoms with Crippen LogP contribution < -0.4 is 4.74 Å². The first-order chi connectivity index (χ1) is 17.2. The summed E-state index contributed by atoms with van der Waals surface area (Å²) in [6.45, 7) is 4.45. The number of carbonyl (C=O) groups is 1. The van der Waals surface area contributed by atoms with E-state index in [4.69, 9.17) is 9.72 Å². The molecule has 1 aromatic heterocycles.